The van der Waals surface area contributed by atoms with E-state index < -0.39 is 10.4 Å². The molecule has 56 valence electrons. The Bertz CT molecular complexity index is 96.2. The van der Waals surface area contributed by atoms with E-state index in [0.29, 0.717) is 0 Å². The standard InChI is InChI=1S/H3N.Na.H2O4S.2H2O/c;;1-5(2,3)4;;/h1H3;;(H2,1,2,3,4);2*1H2/q;+1;;;/p-1. The summed E-state index contributed by atoms with van der Waals surface area (Å²) in [6.45, 7) is 0. The molecule has 0 amide bonds. The molecular weight excluding hydrogens is 165 g/mol. The molecule has 0 aliphatic carbocycles. The first-order chi connectivity index (χ1) is 2.00. The molecule has 7 nitrogen and oxygen atoms in total. The second-order valence-electron chi connectivity index (χ2n) is 0.408. The molecule has 0 aromatic rings. The molecule has 0 aromatic carbocycles. The van der Waals surface area contributed by atoms with Gasteiger partial charge in [0.05, 0.1) is 0 Å². The fourth-order valence-electron chi connectivity index (χ4n) is 0. The summed E-state index contributed by atoms with van der Waals surface area (Å²) in [7, 11) is -5.17. The van der Waals surface area contributed by atoms with Crippen LogP contribution in [0.25, 0.3) is 0 Å². The predicted octanol–water partition coefficient (Wildman–Crippen LogP) is -5.61. The number of hydrogen-bond acceptors (Lipinski definition) is 4. The van der Waals surface area contributed by atoms with Crippen LogP contribution in [0.1, 0.15) is 0 Å². The van der Waals surface area contributed by atoms with Gasteiger partial charge in [0.15, 0.2) is 0 Å². The Hall–Kier alpha value is 0.750. The van der Waals surface area contributed by atoms with Crippen LogP contribution in [-0.2, 0) is 10.4 Å². The summed E-state index contributed by atoms with van der Waals surface area (Å²) < 4.78 is 34.1. The molecule has 0 rings (SSSR count). The maximum Gasteiger partial charge on any atom is 1.00 e. The smallest absolute Gasteiger partial charge is 0.759 e. The molecule has 0 heterocycles. The van der Waals surface area contributed by atoms with E-state index in [1.54, 1.807) is 0 Å². The molecule has 0 fully saturated rings. The van der Waals surface area contributed by atoms with Crippen molar-refractivity contribution in [1.82, 2.24) is 6.15 Å². The first-order valence-corrected chi connectivity index (χ1v) is 2.00. The third-order valence-electron chi connectivity index (χ3n) is 0. The van der Waals surface area contributed by atoms with Gasteiger partial charge in [-0.2, -0.15) is 0 Å². The van der Waals surface area contributed by atoms with Crippen molar-refractivity contribution in [3.05, 3.63) is 0 Å². The number of hydrogen-bond donors (Lipinski definition) is 1. The van der Waals surface area contributed by atoms with Crippen molar-refractivity contribution in [3.8, 4) is 0 Å². The van der Waals surface area contributed by atoms with Gasteiger partial charge in [0.1, 0.15) is 0 Å². The first-order valence-electron chi connectivity index (χ1n) is 0.667. The van der Waals surface area contributed by atoms with Crippen LogP contribution >= 0.6 is 0 Å². The van der Waals surface area contributed by atoms with Gasteiger partial charge in [-0.15, -0.1) is 0 Å². The molecule has 8 N–H and O–H groups in total. The molecule has 0 radical (unpaired) electrons. The van der Waals surface area contributed by atoms with Crippen LogP contribution in [0.5, 0.6) is 0 Å². The van der Waals surface area contributed by atoms with Gasteiger partial charge < -0.3 is 26.2 Å². The second kappa shape index (κ2) is 11.5. The van der Waals surface area contributed by atoms with E-state index in [4.69, 9.17) is 17.5 Å². The zero-order valence-electron chi connectivity index (χ0n) is 5.04. The van der Waals surface area contributed by atoms with Crippen molar-refractivity contribution < 1.29 is 58.0 Å². The first kappa shape index (κ1) is 33.1. The van der Waals surface area contributed by atoms with E-state index in [1.807, 2.05) is 0 Å². The van der Waals surface area contributed by atoms with Gasteiger partial charge >= 0.3 is 29.6 Å². The van der Waals surface area contributed by atoms with Crippen molar-refractivity contribution in [2.45, 2.75) is 0 Å². The topological polar surface area (TPSA) is 180 Å². The van der Waals surface area contributed by atoms with Crippen molar-refractivity contribution >= 4 is 10.4 Å². The summed E-state index contributed by atoms with van der Waals surface area (Å²) in [6.07, 6.45) is 0. The van der Waals surface area contributed by atoms with Crippen LogP contribution in [-0.4, -0.2) is 28.5 Å². The Morgan fingerprint density at radius 3 is 1.00 bits per heavy atom. The molecule has 0 aliphatic rings. The van der Waals surface area contributed by atoms with E-state index in [0.717, 1.165) is 0 Å². The number of quaternary nitrogens is 1. The minimum atomic E-state index is -5.17. The summed E-state index contributed by atoms with van der Waals surface area (Å²) >= 11 is 0. The molecule has 0 unspecified atom stereocenters. The SMILES string of the molecule is O.O.O=S(=O)([O-])[O-].[NH4+].[Na+]. The molecule has 9 heteroatoms. The average molecular weight is 173 g/mol. The summed E-state index contributed by atoms with van der Waals surface area (Å²) in [5.41, 5.74) is 0. The van der Waals surface area contributed by atoms with E-state index in [1.165, 1.54) is 0 Å². The van der Waals surface area contributed by atoms with Gasteiger partial charge in [-0.3, -0.25) is 8.42 Å². The quantitative estimate of drug-likeness (QED) is 0.218. The van der Waals surface area contributed by atoms with Gasteiger partial charge in [0, 0.05) is 10.4 Å². The molecule has 0 saturated carbocycles. The molecule has 0 aromatic heterocycles. The fraction of sp³-hybridized carbons (Fsp3) is 0. The van der Waals surface area contributed by atoms with E-state index >= 15 is 0 Å². The Kier molecular flexibility index (Phi) is 42.4. The van der Waals surface area contributed by atoms with Crippen LogP contribution < -0.4 is 35.7 Å². The second-order valence-corrected chi connectivity index (χ2v) is 1.22. The molecule has 0 bridgehead atoms. The normalized spacial score (nSPS) is 6.44. The molecule has 0 spiro atoms. The van der Waals surface area contributed by atoms with Crippen LogP contribution in [0, 0.1) is 0 Å². The summed E-state index contributed by atoms with van der Waals surface area (Å²) in [5.74, 6) is 0. The summed E-state index contributed by atoms with van der Waals surface area (Å²) in [6, 6.07) is 0. The van der Waals surface area contributed by atoms with Gasteiger partial charge in [-0.25, -0.2) is 0 Å². The van der Waals surface area contributed by atoms with Crippen molar-refractivity contribution in [1.29, 1.82) is 0 Å². The van der Waals surface area contributed by atoms with Crippen LogP contribution in [0.4, 0.5) is 0 Å². The minimum absolute atomic E-state index is 0. The predicted molar refractivity (Wildman–Crippen MR) is 23.7 cm³/mol. The Balaban J connectivity index is -0.0000000133. The monoisotopic (exact) mass is 173 g/mol. The van der Waals surface area contributed by atoms with Gasteiger partial charge in [-0.1, -0.05) is 0 Å². The molecule has 0 atom stereocenters. The van der Waals surface area contributed by atoms with Gasteiger partial charge in [0.25, 0.3) is 0 Å². The van der Waals surface area contributed by atoms with Crippen LogP contribution in [0.2, 0.25) is 0 Å². The van der Waals surface area contributed by atoms with Gasteiger partial charge in [-0.05, 0) is 0 Å². The Labute approximate surface area is 74.5 Å². The van der Waals surface area contributed by atoms with Crippen LogP contribution in [0.3, 0.4) is 0 Å². The van der Waals surface area contributed by atoms with E-state index in [-0.39, 0.29) is 46.7 Å². The van der Waals surface area contributed by atoms with Crippen molar-refractivity contribution in [2.75, 3.05) is 0 Å². The Morgan fingerprint density at radius 2 is 1.00 bits per heavy atom. The van der Waals surface area contributed by atoms with Crippen LogP contribution in [0.15, 0.2) is 0 Å². The number of rotatable bonds is 0. The zero-order chi connectivity index (χ0) is 4.50. The van der Waals surface area contributed by atoms with Crippen molar-refractivity contribution in [2.24, 2.45) is 0 Å². The maximum atomic E-state index is 8.52. The third kappa shape index (κ3) is 709. The van der Waals surface area contributed by atoms with Crippen molar-refractivity contribution in [3.63, 3.8) is 0 Å². The van der Waals surface area contributed by atoms with E-state index in [2.05, 4.69) is 0 Å². The maximum absolute atomic E-state index is 8.52. The minimum Gasteiger partial charge on any atom is -0.759 e. The largest absolute Gasteiger partial charge is 1.00 e. The summed E-state index contributed by atoms with van der Waals surface area (Å²) in [4.78, 5) is 0. The molecule has 0 aliphatic heterocycles. The Morgan fingerprint density at radius 1 is 1.00 bits per heavy atom. The summed E-state index contributed by atoms with van der Waals surface area (Å²) in [5, 5.41) is 0. The van der Waals surface area contributed by atoms with Gasteiger partial charge in [0.2, 0.25) is 0 Å². The third-order valence-corrected chi connectivity index (χ3v) is 0. The molecule has 0 saturated heterocycles. The van der Waals surface area contributed by atoms with E-state index in [9.17, 15) is 0 Å². The fourth-order valence-corrected chi connectivity index (χ4v) is 0. The average Bonchev–Trinajstić information content (AvgIpc) is 0.722. The molecular formula is H8NNaO6S. The zero-order valence-corrected chi connectivity index (χ0v) is 7.86. The molecule has 9 heavy (non-hydrogen) atoms.